The Labute approximate surface area is 232 Å². The SMILES string of the molecule is COc1ccc2c(c1)c(CN(C)Cc1n[nH]c3c1CCCC3)cn2C(C)C.O=C(O)CC(O)(CC(=O)O)C(=O)O. The lowest BCUT2D eigenvalue weighted by molar-refractivity contribution is -0.170. The topological polar surface area (TPSA) is 178 Å². The zero-order valence-electron chi connectivity index (χ0n) is 23.3. The highest BCUT2D eigenvalue weighted by molar-refractivity contribution is 5.88. The highest BCUT2D eigenvalue weighted by Crippen LogP contribution is 2.30. The van der Waals surface area contributed by atoms with Crippen molar-refractivity contribution < 1.29 is 39.5 Å². The van der Waals surface area contributed by atoms with E-state index in [0.29, 0.717) is 6.04 Å². The van der Waals surface area contributed by atoms with E-state index in [9.17, 15) is 14.4 Å². The predicted molar refractivity (Wildman–Crippen MR) is 146 cm³/mol. The van der Waals surface area contributed by atoms with Gasteiger partial charge in [-0.2, -0.15) is 5.10 Å². The molecule has 0 spiro atoms. The number of hydrogen-bond acceptors (Lipinski definition) is 7. The van der Waals surface area contributed by atoms with Crippen LogP contribution in [0.3, 0.4) is 0 Å². The number of aromatic nitrogens is 3. The van der Waals surface area contributed by atoms with Gasteiger partial charge in [0, 0.05) is 41.9 Å². The summed E-state index contributed by atoms with van der Waals surface area (Å²) in [5.41, 5.74) is 3.90. The van der Waals surface area contributed by atoms with Crippen LogP contribution in [0.1, 0.15) is 68.1 Å². The summed E-state index contributed by atoms with van der Waals surface area (Å²) in [7, 11) is 3.91. The van der Waals surface area contributed by atoms with E-state index >= 15 is 0 Å². The number of aryl methyl sites for hydroxylation is 1. The summed E-state index contributed by atoms with van der Waals surface area (Å²) in [4.78, 5) is 32.8. The molecule has 2 aromatic heterocycles. The van der Waals surface area contributed by atoms with Crippen molar-refractivity contribution in [2.24, 2.45) is 0 Å². The third kappa shape index (κ3) is 7.39. The summed E-state index contributed by atoms with van der Waals surface area (Å²) in [5.74, 6) is -4.11. The largest absolute Gasteiger partial charge is 0.497 e. The molecular formula is C28H38N4O8. The Morgan fingerprint density at radius 3 is 2.33 bits per heavy atom. The summed E-state index contributed by atoms with van der Waals surface area (Å²) in [6.07, 6.45) is 4.88. The first kappa shape index (κ1) is 30.6. The van der Waals surface area contributed by atoms with E-state index < -0.39 is 36.4 Å². The minimum Gasteiger partial charge on any atom is -0.497 e. The van der Waals surface area contributed by atoms with Gasteiger partial charge in [0.2, 0.25) is 0 Å². The lowest BCUT2D eigenvalue weighted by Gasteiger charge is -2.18. The molecule has 218 valence electrons. The van der Waals surface area contributed by atoms with Gasteiger partial charge in [0.25, 0.3) is 0 Å². The van der Waals surface area contributed by atoms with Crippen LogP contribution in [0.2, 0.25) is 0 Å². The maximum atomic E-state index is 10.3. The van der Waals surface area contributed by atoms with Crippen LogP contribution in [0.5, 0.6) is 5.75 Å². The van der Waals surface area contributed by atoms with Crippen LogP contribution < -0.4 is 4.74 Å². The molecule has 12 heteroatoms. The zero-order chi connectivity index (χ0) is 29.6. The fourth-order valence-corrected chi connectivity index (χ4v) is 4.98. The monoisotopic (exact) mass is 558 g/mol. The van der Waals surface area contributed by atoms with Crippen molar-refractivity contribution >= 4 is 28.8 Å². The first-order chi connectivity index (χ1) is 18.8. The first-order valence-corrected chi connectivity index (χ1v) is 13.1. The maximum Gasteiger partial charge on any atom is 0.336 e. The van der Waals surface area contributed by atoms with Gasteiger partial charge in [0.05, 0.1) is 25.6 Å². The van der Waals surface area contributed by atoms with Crippen molar-refractivity contribution in [2.75, 3.05) is 14.2 Å². The number of nitrogens with one attached hydrogen (secondary N) is 1. The number of nitrogens with zero attached hydrogens (tertiary/aromatic N) is 3. The maximum absolute atomic E-state index is 10.3. The molecule has 0 radical (unpaired) electrons. The van der Waals surface area contributed by atoms with E-state index in [4.69, 9.17) is 25.2 Å². The number of H-pyrrole nitrogens is 1. The van der Waals surface area contributed by atoms with Crippen molar-refractivity contribution in [3.63, 3.8) is 0 Å². The molecule has 0 unspecified atom stereocenters. The molecule has 40 heavy (non-hydrogen) atoms. The quantitative estimate of drug-likeness (QED) is 0.235. The van der Waals surface area contributed by atoms with Gasteiger partial charge in [-0.1, -0.05) is 0 Å². The molecule has 0 fully saturated rings. The van der Waals surface area contributed by atoms with E-state index in [1.165, 1.54) is 52.7 Å². The van der Waals surface area contributed by atoms with E-state index in [1.807, 2.05) is 6.07 Å². The molecule has 0 aliphatic heterocycles. The van der Waals surface area contributed by atoms with Crippen LogP contribution in [0.4, 0.5) is 0 Å². The summed E-state index contributed by atoms with van der Waals surface area (Å²) < 4.78 is 7.82. The number of aliphatic carboxylic acids is 3. The molecule has 2 heterocycles. The van der Waals surface area contributed by atoms with Gasteiger partial charge < -0.3 is 29.7 Å². The van der Waals surface area contributed by atoms with Crippen LogP contribution in [-0.2, 0) is 40.3 Å². The number of rotatable bonds is 11. The third-order valence-electron chi connectivity index (χ3n) is 6.97. The number of aliphatic hydroxyl groups is 1. The van der Waals surface area contributed by atoms with E-state index in [1.54, 1.807) is 7.11 Å². The predicted octanol–water partition coefficient (Wildman–Crippen LogP) is 3.22. The van der Waals surface area contributed by atoms with Gasteiger partial charge in [0.15, 0.2) is 5.60 Å². The molecule has 1 aromatic carbocycles. The van der Waals surface area contributed by atoms with Crippen molar-refractivity contribution in [3.8, 4) is 5.75 Å². The van der Waals surface area contributed by atoms with Crippen molar-refractivity contribution in [1.82, 2.24) is 19.7 Å². The molecule has 3 aromatic rings. The number of ether oxygens (including phenoxy) is 1. The normalized spacial score (nSPS) is 13.2. The van der Waals surface area contributed by atoms with Crippen molar-refractivity contribution in [1.29, 1.82) is 0 Å². The molecule has 1 aliphatic carbocycles. The molecule has 0 atom stereocenters. The molecule has 1 aliphatic rings. The highest BCUT2D eigenvalue weighted by Gasteiger charge is 2.40. The standard InChI is InChI=1S/C22H30N4O.C6H8O7/c1-15(2)26-13-16(19-11-17(27-4)9-10-22(19)26)12-25(3)14-21-18-7-5-6-8-20(18)23-24-21;7-3(8)1-6(13,5(11)12)2-4(9)10/h9-11,13,15H,5-8,12,14H2,1-4H3,(H,23,24);13H,1-2H2,(H,7,8)(H,9,10)(H,11,12). The molecule has 12 nitrogen and oxygen atoms in total. The lowest BCUT2D eigenvalue weighted by atomic mass is 9.96. The summed E-state index contributed by atoms with van der Waals surface area (Å²) in [6, 6.07) is 6.80. The Balaban J connectivity index is 0.000000289. The van der Waals surface area contributed by atoms with Gasteiger partial charge in [-0.25, -0.2) is 4.79 Å². The van der Waals surface area contributed by atoms with Crippen molar-refractivity contribution in [2.45, 2.75) is 77.1 Å². The highest BCUT2D eigenvalue weighted by atomic mass is 16.5. The smallest absolute Gasteiger partial charge is 0.336 e. The molecule has 4 rings (SSSR count). The minimum absolute atomic E-state index is 0.429. The number of methoxy groups -OCH3 is 1. The van der Waals surface area contributed by atoms with Gasteiger partial charge in [-0.05, 0) is 75.9 Å². The minimum atomic E-state index is -2.74. The van der Waals surface area contributed by atoms with Crippen LogP contribution >= 0.6 is 0 Å². The first-order valence-electron chi connectivity index (χ1n) is 13.1. The molecular weight excluding hydrogens is 520 g/mol. The van der Waals surface area contributed by atoms with E-state index in [2.05, 4.69) is 58.9 Å². The second kappa shape index (κ2) is 13.0. The number of carbonyl (C=O) groups is 3. The van der Waals surface area contributed by atoms with Crippen LogP contribution in [-0.4, -0.2) is 77.8 Å². The van der Waals surface area contributed by atoms with Gasteiger partial charge in [-0.15, -0.1) is 0 Å². The fourth-order valence-electron chi connectivity index (χ4n) is 4.98. The molecule has 0 saturated heterocycles. The summed E-state index contributed by atoms with van der Waals surface area (Å²) in [6.45, 7) is 6.23. The average Bonchev–Trinajstić information content (AvgIpc) is 3.44. The number of fused-ring (bicyclic) bond motifs is 2. The molecule has 0 amide bonds. The Bertz CT molecular complexity index is 1340. The molecule has 0 saturated carbocycles. The summed E-state index contributed by atoms with van der Waals surface area (Å²) >= 11 is 0. The Hall–Kier alpha value is -3.90. The van der Waals surface area contributed by atoms with Crippen molar-refractivity contribution in [3.05, 3.63) is 46.9 Å². The van der Waals surface area contributed by atoms with Crippen LogP contribution in [0.15, 0.2) is 24.4 Å². The summed E-state index contributed by atoms with van der Waals surface area (Å²) in [5, 5.41) is 43.0. The second-order valence-corrected chi connectivity index (χ2v) is 10.5. The van der Waals surface area contributed by atoms with Crippen LogP contribution in [0.25, 0.3) is 10.9 Å². The van der Waals surface area contributed by atoms with Crippen LogP contribution in [0, 0.1) is 0 Å². The number of carboxylic acid groups (broad SMARTS) is 3. The van der Waals surface area contributed by atoms with E-state index in [0.717, 1.165) is 25.3 Å². The second-order valence-electron chi connectivity index (χ2n) is 10.5. The Morgan fingerprint density at radius 1 is 1.10 bits per heavy atom. The van der Waals surface area contributed by atoms with Gasteiger partial charge in [0.1, 0.15) is 5.75 Å². The molecule has 5 N–H and O–H groups in total. The molecule has 0 bridgehead atoms. The zero-order valence-corrected chi connectivity index (χ0v) is 23.3. The van der Waals surface area contributed by atoms with Gasteiger partial charge >= 0.3 is 17.9 Å². The fraction of sp³-hybridized carbons (Fsp3) is 0.500. The number of aromatic amines is 1. The third-order valence-corrected chi connectivity index (χ3v) is 6.97. The Kier molecular flexibility index (Phi) is 9.93. The van der Waals surface area contributed by atoms with Gasteiger partial charge in [-0.3, -0.25) is 19.6 Å². The van der Waals surface area contributed by atoms with E-state index in [-0.39, 0.29) is 0 Å². The average molecular weight is 559 g/mol. The number of benzene rings is 1. The number of carboxylic acids is 3. The lowest BCUT2D eigenvalue weighted by Crippen LogP contribution is -2.42. The Morgan fingerprint density at radius 2 is 1.75 bits per heavy atom. The number of hydrogen-bond donors (Lipinski definition) is 5.